The zero-order valence-corrected chi connectivity index (χ0v) is 14.5. The van der Waals surface area contributed by atoms with Crippen molar-refractivity contribution in [3.05, 3.63) is 62.9 Å². The Morgan fingerprint density at radius 1 is 1.04 bits per heavy atom. The van der Waals surface area contributed by atoms with Crippen LogP contribution in [0.2, 0.25) is 0 Å². The number of fused-ring (bicyclic) bond motifs is 3. The van der Waals surface area contributed by atoms with Crippen LogP contribution < -0.4 is 10.5 Å². The number of piperidine rings is 1. The van der Waals surface area contributed by atoms with E-state index < -0.39 is 0 Å². The summed E-state index contributed by atoms with van der Waals surface area (Å²) in [5.74, 6) is 0.992. The fourth-order valence-corrected chi connectivity index (χ4v) is 4.82. The highest BCUT2D eigenvalue weighted by Gasteiger charge is 2.42. The minimum Gasteiger partial charge on any atom is -0.365 e. The van der Waals surface area contributed by atoms with Crippen molar-refractivity contribution in [2.45, 2.75) is 50.7 Å². The number of rotatable bonds is 1. The second-order valence-electron chi connectivity index (χ2n) is 7.62. The van der Waals surface area contributed by atoms with E-state index in [1.54, 1.807) is 0 Å². The first-order valence-electron chi connectivity index (χ1n) is 9.48. The molecule has 0 amide bonds. The number of hydrogen-bond acceptors (Lipinski definition) is 3. The van der Waals surface area contributed by atoms with Crippen LogP contribution in [0.5, 0.6) is 0 Å². The molecule has 4 nitrogen and oxygen atoms in total. The number of aromatic nitrogens is 1. The Labute approximate surface area is 147 Å². The summed E-state index contributed by atoms with van der Waals surface area (Å²) in [7, 11) is 0. The minimum atomic E-state index is -0.123. The predicted octanol–water partition coefficient (Wildman–Crippen LogP) is 3.28. The molecule has 4 heteroatoms. The van der Waals surface area contributed by atoms with Gasteiger partial charge in [0.1, 0.15) is 5.82 Å². The van der Waals surface area contributed by atoms with Gasteiger partial charge in [0.05, 0.1) is 12.2 Å². The first-order valence-corrected chi connectivity index (χ1v) is 9.48. The lowest BCUT2D eigenvalue weighted by atomic mass is 9.84. The molecule has 3 aliphatic rings. The summed E-state index contributed by atoms with van der Waals surface area (Å²) < 4.78 is 6.25. The molecule has 3 heterocycles. The second-order valence-corrected chi connectivity index (χ2v) is 7.62. The molecule has 1 spiro atoms. The first kappa shape index (κ1) is 15.2. The van der Waals surface area contributed by atoms with Gasteiger partial charge in [-0.1, -0.05) is 24.3 Å². The molecular formula is C21H24N2O2. The van der Waals surface area contributed by atoms with E-state index in [9.17, 15) is 4.79 Å². The number of hydrogen-bond donors (Lipinski definition) is 1. The number of benzene rings is 1. The Hall–Kier alpha value is -2.07. The Morgan fingerprint density at radius 3 is 2.72 bits per heavy atom. The summed E-state index contributed by atoms with van der Waals surface area (Å²) in [6.07, 6.45) is 6.26. The lowest BCUT2D eigenvalue weighted by Crippen LogP contribution is -2.43. The maximum Gasteiger partial charge on any atom is 0.252 e. The summed E-state index contributed by atoms with van der Waals surface area (Å²) in [4.78, 5) is 17.9. The summed E-state index contributed by atoms with van der Waals surface area (Å²) in [5.41, 5.74) is 4.97. The van der Waals surface area contributed by atoms with Crippen LogP contribution in [0.1, 0.15) is 47.9 Å². The van der Waals surface area contributed by atoms with Crippen LogP contribution in [0.25, 0.3) is 0 Å². The van der Waals surface area contributed by atoms with E-state index in [0.717, 1.165) is 63.2 Å². The maximum absolute atomic E-state index is 12.4. The van der Waals surface area contributed by atoms with Crippen molar-refractivity contribution in [3.8, 4) is 0 Å². The highest BCUT2D eigenvalue weighted by molar-refractivity contribution is 5.46. The minimum absolute atomic E-state index is 0.120. The van der Waals surface area contributed by atoms with Crippen molar-refractivity contribution in [2.24, 2.45) is 0 Å². The predicted molar refractivity (Wildman–Crippen MR) is 98.1 cm³/mol. The van der Waals surface area contributed by atoms with Gasteiger partial charge < -0.3 is 14.6 Å². The zero-order chi connectivity index (χ0) is 16.9. The number of nitrogens with zero attached hydrogens (tertiary/aromatic N) is 1. The molecule has 5 rings (SSSR count). The van der Waals surface area contributed by atoms with Crippen molar-refractivity contribution >= 4 is 5.82 Å². The Balaban J connectivity index is 1.40. The molecule has 1 aromatic heterocycles. The lowest BCUT2D eigenvalue weighted by Gasteiger charge is -2.40. The van der Waals surface area contributed by atoms with Crippen molar-refractivity contribution in [1.29, 1.82) is 0 Å². The van der Waals surface area contributed by atoms with Gasteiger partial charge in [-0.3, -0.25) is 4.79 Å². The Morgan fingerprint density at radius 2 is 1.84 bits per heavy atom. The van der Waals surface area contributed by atoms with Gasteiger partial charge in [-0.15, -0.1) is 0 Å². The summed E-state index contributed by atoms with van der Waals surface area (Å²) in [6.45, 7) is 2.57. The zero-order valence-electron chi connectivity index (χ0n) is 14.5. The van der Waals surface area contributed by atoms with Crippen molar-refractivity contribution in [2.75, 3.05) is 18.0 Å². The molecule has 0 saturated carbocycles. The van der Waals surface area contributed by atoms with Crippen LogP contribution in [0.3, 0.4) is 0 Å². The Bertz CT molecular complexity index is 862. The average Bonchev–Trinajstić information content (AvgIpc) is 3.01. The quantitative estimate of drug-likeness (QED) is 0.869. The molecule has 2 aliphatic heterocycles. The van der Waals surface area contributed by atoms with Crippen LogP contribution in [0.4, 0.5) is 5.82 Å². The van der Waals surface area contributed by atoms with Crippen molar-refractivity contribution in [3.63, 3.8) is 0 Å². The lowest BCUT2D eigenvalue weighted by molar-refractivity contribution is -0.0551. The standard InChI is InChI=1S/C21H24N2O2/c24-20-17-7-3-1-5-15(17)13-19(22-20)23-11-9-21(10-12-23)18-8-4-2-6-16(18)14-25-21/h2,4,6,8,13H,1,3,5,7,9-12,14H2,(H,22,24). The molecule has 1 aliphatic carbocycles. The van der Waals surface area contributed by atoms with Crippen molar-refractivity contribution in [1.82, 2.24) is 4.98 Å². The highest BCUT2D eigenvalue weighted by atomic mass is 16.5. The van der Waals surface area contributed by atoms with E-state index in [1.807, 2.05) is 0 Å². The molecule has 1 saturated heterocycles. The second kappa shape index (κ2) is 5.73. The molecular weight excluding hydrogens is 312 g/mol. The molecule has 25 heavy (non-hydrogen) atoms. The number of pyridine rings is 1. The maximum atomic E-state index is 12.4. The van der Waals surface area contributed by atoms with Crippen LogP contribution in [-0.2, 0) is 29.8 Å². The van der Waals surface area contributed by atoms with Gasteiger partial charge in [-0.05, 0) is 61.3 Å². The van der Waals surface area contributed by atoms with Gasteiger partial charge in [-0.25, -0.2) is 0 Å². The normalized spacial score (nSPS) is 21.2. The van der Waals surface area contributed by atoms with E-state index in [2.05, 4.69) is 40.2 Å². The number of aryl methyl sites for hydroxylation is 1. The number of nitrogens with one attached hydrogen (secondary N) is 1. The largest absolute Gasteiger partial charge is 0.365 e. The first-order chi connectivity index (χ1) is 12.3. The molecule has 1 N–H and O–H groups in total. The third kappa shape index (κ3) is 2.43. The third-order valence-corrected chi connectivity index (χ3v) is 6.26. The number of ether oxygens (including phenoxy) is 1. The molecule has 0 unspecified atom stereocenters. The molecule has 130 valence electrons. The highest BCUT2D eigenvalue weighted by Crippen LogP contribution is 2.44. The van der Waals surface area contributed by atoms with E-state index in [4.69, 9.17) is 4.74 Å². The number of H-pyrrole nitrogens is 1. The van der Waals surface area contributed by atoms with E-state index in [0.29, 0.717) is 0 Å². The molecule has 1 fully saturated rings. The van der Waals surface area contributed by atoms with Crippen molar-refractivity contribution < 1.29 is 4.74 Å². The molecule has 0 radical (unpaired) electrons. The number of aromatic amines is 1. The van der Waals surface area contributed by atoms with Crippen LogP contribution in [0, 0.1) is 0 Å². The van der Waals surface area contributed by atoms with Gasteiger partial charge in [0.25, 0.3) is 5.56 Å². The van der Waals surface area contributed by atoms with Gasteiger partial charge in [-0.2, -0.15) is 0 Å². The van der Waals surface area contributed by atoms with E-state index in [-0.39, 0.29) is 11.2 Å². The summed E-state index contributed by atoms with van der Waals surface area (Å²) in [6, 6.07) is 10.8. The van der Waals surface area contributed by atoms with Crippen LogP contribution in [-0.4, -0.2) is 18.1 Å². The van der Waals surface area contributed by atoms with Crippen LogP contribution >= 0.6 is 0 Å². The number of anilines is 1. The molecule has 1 aromatic carbocycles. The third-order valence-electron chi connectivity index (χ3n) is 6.26. The van der Waals surface area contributed by atoms with Gasteiger partial charge >= 0.3 is 0 Å². The average molecular weight is 336 g/mol. The molecule has 0 atom stereocenters. The van der Waals surface area contributed by atoms with Crippen LogP contribution in [0.15, 0.2) is 35.1 Å². The van der Waals surface area contributed by atoms with Gasteiger partial charge in [0, 0.05) is 18.7 Å². The molecule has 0 bridgehead atoms. The monoisotopic (exact) mass is 336 g/mol. The van der Waals surface area contributed by atoms with E-state index >= 15 is 0 Å². The SMILES string of the molecule is O=c1[nH]c(N2CCC3(CC2)OCc2ccccc23)cc2c1CCCC2. The van der Waals surface area contributed by atoms with Gasteiger partial charge in [0.15, 0.2) is 0 Å². The smallest absolute Gasteiger partial charge is 0.252 e. The fourth-order valence-electron chi connectivity index (χ4n) is 4.82. The summed E-state index contributed by atoms with van der Waals surface area (Å²) >= 11 is 0. The molecule has 2 aromatic rings. The van der Waals surface area contributed by atoms with E-state index in [1.165, 1.54) is 23.1 Å². The summed E-state index contributed by atoms with van der Waals surface area (Å²) in [5, 5.41) is 0. The van der Waals surface area contributed by atoms with Gasteiger partial charge in [0.2, 0.25) is 0 Å². The fraction of sp³-hybridized carbons (Fsp3) is 0.476. The topological polar surface area (TPSA) is 45.3 Å². The Kier molecular flexibility index (Phi) is 3.49.